The Morgan fingerprint density at radius 1 is 1.39 bits per heavy atom. The zero-order valence-corrected chi connectivity index (χ0v) is 13.7. The number of hydrogen-bond donors (Lipinski definition) is 1. The smallest absolute Gasteiger partial charge is 0.150 e. The summed E-state index contributed by atoms with van der Waals surface area (Å²) in [5.41, 5.74) is -0.348. The fraction of sp³-hybridized carbons (Fsp3) is 0.462. The highest BCUT2D eigenvalue weighted by molar-refractivity contribution is 9.11. The number of benzene rings is 1. The highest BCUT2D eigenvalue weighted by Gasteiger charge is 2.26. The van der Waals surface area contributed by atoms with Crippen LogP contribution in [0, 0.1) is 5.92 Å². The maximum Gasteiger partial charge on any atom is 0.150 e. The van der Waals surface area contributed by atoms with Crippen molar-refractivity contribution in [2.45, 2.75) is 26.4 Å². The molecule has 1 aromatic carbocycles. The Bertz CT molecular complexity index is 419. The van der Waals surface area contributed by atoms with Crippen molar-refractivity contribution in [1.29, 1.82) is 0 Å². The molecule has 1 atom stereocenters. The van der Waals surface area contributed by atoms with Gasteiger partial charge in [-0.15, -0.1) is 0 Å². The number of aldehydes is 1. The third-order valence-electron chi connectivity index (χ3n) is 2.91. The van der Waals surface area contributed by atoms with Crippen molar-refractivity contribution >= 4 is 38.1 Å². The summed E-state index contributed by atoms with van der Waals surface area (Å²) in [7, 11) is 0. The van der Waals surface area contributed by atoms with Crippen LogP contribution in [0.2, 0.25) is 0 Å². The zero-order chi connectivity index (χ0) is 13.9. The third-order valence-corrected chi connectivity index (χ3v) is 4.09. The molecule has 0 radical (unpaired) electrons. The van der Waals surface area contributed by atoms with E-state index in [-0.39, 0.29) is 12.5 Å². The fourth-order valence-corrected chi connectivity index (χ4v) is 2.62. The number of carbonyl (C=O) groups excluding carboxylic acids is 1. The van der Waals surface area contributed by atoms with Crippen LogP contribution in [0.15, 0.2) is 21.1 Å². The van der Waals surface area contributed by atoms with Crippen LogP contribution in [0.25, 0.3) is 0 Å². The van der Waals surface area contributed by atoms with Gasteiger partial charge in [-0.25, -0.2) is 0 Å². The summed E-state index contributed by atoms with van der Waals surface area (Å²) in [5, 5.41) is 10.1. The maximum atomic E-state index is 10.7. The van der Waals surface area contributed by atoms with Crippen LogP contribution in [0.4, 0.5) is 0 Å². The normalized spacial score (nSPS) is 14.4. The Hall–Kier alpha value is -0.390. The van der Waals surface area contributed by atoms with Crippen molar-refractivity contribution in [2.24, 2.45) is 5.92 Å². The minimum Gasteiger partial charge on any atom is -0.488 e. The van der Waals surface area contributed by atoms with Gasteiger partial charge in [-0.2, -0.15) is 0 Å². The van der Waals surface area contributed by atoms with E-state index in [0.29, 0.717) is 20.3 Å². The predicted molar refractivity (Wildman–Crippen MR) is 78.2 cm³/mol. The Morgan fingerprint density at radius 3 is 2.28 bits per heavy atom. The standard InChI is InChI=1S/C13H16Br2O3/c1-8(2)13(3,17)7-18-12-10(14)4-9(6-16)5-11(12)15/h4-6,8,17H,7H2,1-3H3. The SMILES string of the molecule is CC(C)C(C)(O)COc1c(Br)cc(C=O)cc1Br. The van der Waals surface area contributed by atoms with Gasteiger partial charge < -0.3 is 9.84 Å². The minimum atomic E-state index is -0.901. The number of ether oxygens (including phenoxy) is 1. The monoisotopic (exact) mass is 378 g/mol. The van der Waals surface area contributed by atoms with Gasteiger partial charge >= 0.3 is 0 Å². The Labute approximate surface area is 124 Å². The van der Waals surface area contributed by atoms with Gasteiger partial charge in [0.1, 0.15) is 18.6 Å². The van der Waals surface area contributed by atoms with E-state index in [9.17, 15) is 9.90 Å². The molecule has 0 aliphatic rings. The lowest BCUT2D eigenvalue weighted by atomic mass is 9.94. The molecule has 0 aliphatic heterocycles. The molecule has 5 heteroatoms. The highest BCUT2D eigenvalue weighted by Crippen LogP contribution is 2.35. The van der Waals surface area contributed by atoms with Gasteiger partial charge in [0, 0.05) is 5.56 Å². The molecule has 0 amide bonds. The Kier molecular flexibility index (Phi) is 5.37. The van der Waals surface area contributed by atoms with E-state index in [0.717, 1.165) is 6.29 Å². The van der Waals surface area contributed by atoms with E-state index in [4.69, 9.17) is 4.74 Å². The van der Waals surface area contributed by atoms with Gasteiger partial charge in [0.2, 0.25) is 0 Å². The van der Waals surface area contributed by atoms with Crippen molar-refractivity contribution < 1.29 is 14.6 Å². The van der Waals surface area contributed by atoms with Crippen LogP contribution in [0.1, 0.15) is 31.1 Å². The molecular weight excluding hydrogens is 364 g/mol. The summed E-state index contributed by atoms with van der Waals surface area (Å²) in [5.74, 6) is 0.672. The average molecular weight is 380 g/mol. The van der Waals surface area contributed by atoms with Crippen LogP contribution in [0.5, 0.6) is 5.75 Å². The fourth-order valence-electron chi connectivity index (χ4n) is 1.17. The second-order valence-electron chi connectivity index (χ2n) is 4.73. The Balaban J connectivity index is 2.89. The van der Waals surface area contributed by atoms with Crippen LogP contribution in [-0.2, 0) is 0 Å². The second kappa shape index (κ2) is 6.17. The molecule has 0 fully saturated rings. The van der Waals surface area contributed by atoms with Crippen molar-refractivity contribution in [3.8, 4) is 5.75 Å². The summed E-state index contributed by atoms with van der Waals surface area (Å²) in [6.07, 6.45) is 0.767. The first-order chi connectivity index (χ1) is 8.27. The zero-order valence-electron chi connectivity index (χ0n) is 10.5. The summed E-state index contributed by atoms with van der Waals surface area (Å²) < 4.78 is 6.99. The number of hydrogen-bond acceptors (Lipinski definition) is 3. The first-order valence-electron chi connectivity index (χ1n) is 5.57. The molecule has 0 aliphatic carbocycles. The van der Waals surface area contributed by atoms with Crippen molar-refractivity contribution in [3.63, 3.8) is 0 Å². The van der Waals surface area contributed by atoms with Crippen LogP contribution >= 0.6 is 31.9 Å². The molecule has 1 unspecified atom stereocenters. The van der Waals surface area contributed by atoms with E-state index in [1.807, 2.05) is 13.8 Å². The molecule has 0 bridgehead atoms. The molecule has 0 aromatic heterocycles. The van der Waals surface area contributed by atoms with E-state index in [1.165, 1.54) is 0 Å². The molecule has 1 N–H and O–H groups in total. The van der Waals surface area contributed by atoms with E-state index < -0.39 is 5.60 Å². The summed E-state index contributed by atoms with van der Waals surface area (Å²) in [4.78, 5) is 10.7. The number of aliphatic hydroxyl groups is 1. The van der Waals surface area contributed by atoms with E-state index >= 15 is 0 Å². The molecule has 18 heavy (non-hydrogen) atoms. The lowest BCUT2D eigenvalue weighted by Gasteiger charge is -2.28. The van der Waals surface area contributed by atoms with Crippen LogP contribution in [0.3, 0.4) is 0 Å². The third kappa shape index (κ3) is 3.80. The lowest BCUT2D eigenvalue weighted by Crippen LogP contribution is -2.37. The van der Waals surface area contributed by atoms with Gasteiger partial charge in [-0.3, -0.25) is 4.79 Å². The summed E-state index contributed by atoms with van der Waals surface area (Å²) in [6, 6.07) is 3.36. The Morgan fingerprint density at radius 2 is 1.89 bits per heavy atom. The molecule has 0 spiro atoms. The lowest BCUT2D eigenvalue weighted by molar-refractivity contribution is -0.0270. The maximum absolute atomic E-state index is 10.7. The van der Waals surface area contributed by atoms with Gasteiger partial charge in [0.25, 0.3) is 0 Å². The van der Waals surface area contributed by atoms with Crippen molar-refractivity contribution in [2.75, 3.05) is 6.61 Å². The average Bonchev–Trinajstić information content (AvgIpc) is 2.27. The van der Waals surface area contributed by atoms with Gasteiger partial charge in [0.15, 0.2) is 0 Å². The molecule has 1 rings (SSSR count). The van der Waals surface area contributed by atoms with Gasteiger partial charge in [-0.05, 0) is 56.8 Å². The minimum absolute atomic E-state index is 0.0873. The largest absolute Gasteiger partial charge is 0.488 e. The number of halogens is 2. The van der Waals surface area contributed by atoms with Crippen LogP contribution < -0.4 is 4.74 Å². The summed E-state index contributed by atoms with van der Waals surface area (Å²) in [6.45, 7) is 5.79. The molecule has 0 heterocycles. The highest BCUT2D eigenvalue weighted by atomic mass is 79.9. The summed E-state index contributed by atoms with van der Waals surface area (Å²) >= 11 is 6.70. The number of rotatable bonds is 5. The molecule has 0 saturated carbocycles. The molecule has 0 saturated heterocycles. The van der Waals surface area contributed by atoms with E-state index in [2.05, 4.69) is 31.9 Å². The molecular formula is C13H16Br2O3. The first-order valence-corrected chi connectivity index (χ1v) is 7.16. The van der Waals surface area contributed by atoms with Gasteiger partial charge in [0.05, 0.1) is 14.5 Å². The molecule has 1 aromatic rings. The first kappa shape index (κ1) is 15.7. The molecule has 3 nitrogen and oxygen atoms in total. The van der Waals surface area contributed by atoms with Crippen LogP contribution in [-0.4, -0.2) is 23.6 Å². The van der Waals surface area contributed by atoms with Crippen molar-refractivity contribution in [3.05, 3.63) is 26.6 Å². The van der Waals surface area contributed by atoms with E-state index in [1.54, 1.807) is 19.1 Å². The predicted octanol–water partition coefficient (Wildman–Crippen LogP) is 3.81. The van der Waals surface area contributed by atoms with Gasteiger partial charge in [-0.1, -0.05) is 13.8 Å². The number of carbonyl (C=O) groups is 1. The molecule has 100 valence electrons. The topological polar surface area (TPSA) is 46.5 Å². The second-order valence-corrected chi connectivity index (χ2v) is 6.44. The van der Waals surface area contributed by atoms with Crippen molar-refractivity contribution in [1.82, 2.24) is 0 Å². The quantitative estimate of drug-likeness (QED) is 0.791.